The Morgan fingerprint density at radius 2 is 1.96 bits per heavy atom. The molecule has 0 saturated heterocycles. The average molecular weight is 399 g/mol. The Balaban J connectivity index is 1.75. The quantitative estimate of drug-likeness (QED) is 0.265. The van der Waals surface area contributed by atoms with Gasteiger partial charge in [0.2, 0.25) is 5.90 Å². The molecule has 8 heteroatoms. The third kappa shape index (κ3) is 3.22. The molecule has 0 N–H and O–H groups in total. The largest absolute Gasteiger partial charge is 0.401 e. The summed E-state index contributed by atoms with van der Waals surface area (Å²) in [6, 6.07) is 12.0. The van der Waals surface area contributed by atoms with Crippen LogP contribution >= 0.6 is 22.9 Å². The molecular weight excluding hydrogens is 388 g/mol. The minimum absolute atomic E-state index is 0.0303. The topological polar surface area (TPSA) is 81.8 Å². The molecule has 2 heterocycles. The van der Waals surface area contributed by atoms with Crippen LogP contribution in [0.1, 0.15) is 16.0 Å². The maximum absolute atomic E-state index is 12.2. The first-order chi connectivity index (χ1) is 12.9. The van der Waals surface area contributed by atoms with E-state index in [4.69, 9.17) is 16.3 Å². The van der Waals surface area contributed by atoms with Gasteiger partial charge in [-0.3, -0.25) is 10.1 Å². The van der Waals surface area contributed by atoms with Gasteiger partial charge in [-0.15, -0.1) is 11.3 Å². The summed E-state index contributed by atoms with van der Waals surface area (Å²) in [5.74, 6) is -0.461. The second-order valence-electron chi connectivity index (χ2n) is 5.93. The highest BCUT2D eigenvalue weighted by Crippen LogP contribution is 2.39. The zero-order chi connectivity index (χ0) is 19.1. The summed E-state index contributed by atoms with van der Waals surface area (Å²) >= 11 is 7.58. The number of aliphatic imine (C=N–C) groups is 1. The number of non-ortho nitro benzene ring substituents is 1. The summed E-state index contributed by atoms with van der Waals surface area (Å²) < 4.78 is 5.90. The standard InChI is InChI=1S/C19H11ClN2O4S/c1-10-2-4-11(5-3-10)8-14-19(23)26-18(21-14)17-16(20)13-7-6-12(22(24)25)9-15(13)27-17/h2-9H,1H3/b14-8+. The van der Waals surface area contributed by atoms with Crippen molar-refractivity contribution in [3.63, 3.8) is 0 Å². The van der Waals surface area contributed by atoms with Crippen LogP contribution in [-0.4, -0.2) is 16.8 Å². The minimum Gasteiger partial charge on any atom is -0.401 e. The fraction of sp³-hybridized carbons (Fsp3) is 0.0526. The molecule has 0 atom stereocenters. The summed E-state index contributed by atoms with van der Waals surface area (Å²) in [6.45, 7) is 1.98. The van der Waals surface area contributed by atoms with Gasteiger partial charge in [0.25, 0.3) is 5.69 Å². The van der Waals surface area contributed by atoms with Crippen molar-refractivity contribution < 1.29 is 14.5 Å². The zero-order valence-corrected chi connectivity index (χ0v) is 15.5. The predicted octanol–water partition coefficient (Wildman–Crippen LogP) is 5.12. The predicted molar refractivity (Wildman–Crippen MR) is 105 cm³/mol. The van der Waals surface area contributed by atoms with E-state index in [0.29, 0.717) is 20.0 Å². The Morgan fingerprint density at radius 1 is 1.22 bits per heavy atom. The maximum atomic E-state index is 12.2. The van der Waals surface area contributed by atoms with E-state index < -0.39 is 10.9 Å². The van der Waals surface area contributed by atoms with E-state index in [1.807, 2.05) is 31.2 Å². The van der Waals surface area contributed by atoms with Crippen molar-refractivity contribution in [3.05, 3.63) is 79.3 Å². The van der Waals surface area contributed by atoms with Crippen molar-refractivity contribution in [2.45, 2.75) is 6.92 Å². The molecule has 4 rings (SSSR count). The fourth-order valence-corrected chi connectivity index (χ4v) is 4.10. The van der Waals surface area contributed by atoms with Crippen LogP contribution in [0, 0.1) is 17.0 Å². The monoisotopic (exact) mass is 398 g/mol. The van der Waals surface area contributed by atoms with Gasteiger partial charge < -0.3 is 4.74 Å². The Morgan fingerprint density at radius 3 is 2.67 bits per heavy atom. The number of ether oxygens (including phenoxy) is 1. The minimum atomic E-state index is -0.565. The number of aryl methyl sites for hydroxylation is 1. The third-order valence-electron chi connectivity index (χ3n) is 4.02. The Kier molecular flexibility index (Phi) is 4.25. The average Bonchev–Trinajstić information content (AvgIpc) is 3.17. The first kappa shape index (κ1) is 17.4. The number of benzene rings is 2. The number of hydrogen-bond acceptors (Lipinski definition) is 6. The highest BCUT2D eigenvalue weighted by molar-refractivity contribution is 7.21. The van der Waals surface area contributed by atoms with Crippen molar-refractivity contribution in [2.75, 3.05) is 0 Å². The van der Waals surface area contributed by atoms with Crippen LogP contribution in [0.5, 0.6) is 0 Å². The number of nitro benzene ring substituents is 1. The highest BCUT2D eigenvalue weighted by Gasteiger charge is 2.28. The van der Waals surface area contributed by atoms with Crippen molar-refractivity contribution >= 4 is 56.7 Å². The summed E-state index contributed by atoms with van der Waals surface area (Å²) in [5.41, 5.74) is 2.09. The third-order valence-corrected chi connectivity index (χ3v) is 5.66. The Labute approximate surface area is 162 Å². The number of fused-ring (bicyclic) bond motifs is 1. The number of thiophene rings is 1. The van der Waals surface area contributed by atoms with E-state index in [2.05, 4.69) is 4.99 Å². The summed E-state index contributed by atoms with van der Waals surface area (Å²) in [7, 11) is 0. The van der Waals surface area contributed by atoms with Gasteiger partial charge in [0.15, 0.2) is 5.70 Å². The van der Waals surface area contributed by atoms with Gasteiger partial charge in [0.1, 0.15) is 4.88 Å². The molecule has 6 nitrogen and oxygen atoms in total. The molecule has 1 aliphatic rings. The second kappa shape index (κ2) is 6.61. The maximum Gasteiger partial charge on any atom is 0.363 e. The van der Waals surface area contributed by atoms with Crippen molar-refractivity contribution in [1.82, 2.24) is 0 Å². The van der Waals surface area contributed by atoms with Crippen molar-refractivity contribution in [2.24, 2.45) is 4.99 Å². The normalized spacial score (nSPS) is 15.3. The number of nitro groups is 1. The number of halogens is 1. The first-order valence-corrected chi connectivity index (χ1v) is 9.08. The number of carbonyl (C=O) groups is 1. The first-order valence-electron chi connectivity index (χ1n) is 7.88. The molecule has 0 amide bonds. The molecule has 1 aromatic heterocycles. The Hall–Kier alpha value is -3.03. The van der Waals surface area contributed by atoms with Gasteiger partial charge in [0, 0.05) is 22.2 Å². The number of hydrogen-bond donors (Lipinski definition) is 0. The number of carbonyl (C=O) groups excluding carboxylic acids is 1. The second-order valence-corrected chi connectivity index (χ2v) is 7.36. The summed E-state index contributed by atoms with van der Waals surface area (Å²) in [4.78, 5) is 27.4. The number of esters is 1. The molecule has 0 saturated carbocycles. The van der Waals surface area contributed by atoms with Gasteiger partial charge in [0.05, 0.1) is 9.95 Å². The van der Waals surface area contributed by atoms with Gasteiger partial charge >= 0.3 is 5.97 Å². The molecule has 0 unspecified atom stereocenters. The number of rotatable bonds is 3. The van der Waals surface area contributed by atoms with E-state index in [9.17, 15) is 14.9 Å². The van der Waals surface area contributed by atoms with E-state index >= 15 is 0 Å². The number of cyclic esters (lactones) is 1. The van der Waals surface area contributed by atoms with Gasteiger partial charge in [-0.1, -0.05) is 41.4 Å². The molecular formula is C19H11ClN2O4S. The summed E-state index contributed by atoms with van der Waals surface area (Å²) in [5, 5.41) is 12.0. The lowest BCUT2D eigenvalue weighted by atomic mass is 10.1. The molecule has 27 heavy (non-hydrogen) atoms. The highest BCUT2D eigenvalue weighted by atomic mass is 35.5. The zero-order valence-electron chi connectivity index (χ0n) is 13.9. The molecule has 134 valence electrons. The molecule has 2 aromatic carbocycles. The lowest BCUT2D eigenvalue weighted by Crippen LogP contribution is -2.04. The molecule has 0 bridgehead atoms. The van der Waals surface area contributed by atoms with E-state index in [0.717, 1.165) is 11.1 Å². The van der Waals surface area contributed by atoms with Crippen LogP contribution in [0.2, 0.25) is 5.02 Å². The van der Waals surface area contributed by atoms with E-state index in [1.54, 1.807) is 12.1 Å². The van der Waals surface area contributed by atoms with Crippen LogP contribution in [0.25, 0.3) is 16.2 Å². The fourth-order valence-electron chi connectivity index (χ4n) is 2.63. The van der Waals surface area contributed by atoms with Crippen LogP contribution in [0.3, 0.4) is 0 Å². The van der Waals surface area contributed by atoms with Gasteiger partial charge in [-0.25, -0.2) is 9.79 Å². The summed E-state index contributed by atoms with van der Waals surface area (Å²) in [6.07, 6.45) is 1.64. The molecule has 0 fully saturated rings. The molecule has 0 aliphatic carbocycles. The number of nitrogens with zero attached hydrogens (tertiary/aromatic N) is 2. The molecule has 0 spiro atoms. The van der Waals surface area contributed by atoms with Crippen molar-refractivity contribution in [3.8, 4) is 0 Å². The van der Waals surface area contributed by atoms with Crippen molar-refractivity contribution in [1.29, 1.82) is 0 Å². The van der Waals surface area contributed by atoms with E-state index in [-0.39, 0.29) is 17.3 Å². The lowest BCUT2D eigenvalue weighted by Gasteiger charge is -1.96. The Bertz CT molecular complexity index is 1160. The van der Waals surface area contributed by atoms with Gasteiger partial charge in [-0.2, -0.15) is 0 Å². The van der Waals surface area contributed by atoms with Crippen LogP contribution in [-0.2, 0) is 9.53 Å². The van der Waals surface area contributed by atoms with Crippen LogP contribution in [0.15, 0.2) is 53.2 Å². The van der Waals surface area contributed by atoms with Gasteiger partial charge in [-0.05, 0) is 24.6 Å². The van der Waals surface area contributed by atoms with E-state index in [1.165, 1.54) is 23.5 Å². The lowest BCUT2D eigenvalue weighted by molar-refractivity contribution is -0.384. The molecule has 0 radical (unpaired) electrons. The SMILES string of the molecule is Cc1ccc(/C=C2/N=C(c3sc4cc([N+](=O)[O-])ccc4c3Cl)OC2=O)cc1. The smallest absolute Gasteiger partial charge is 0.363 e. The molecule has 1 aliphatic heterocycles. The van der Waals surface area contributed by atoms with Crippen LogP contribution in [0.4, 0.5) is 5.69 Å². The van der Waals surface area contributed by atoms with Crippen LogP contribution < -0.4 is 0 Å². The molecule has 3 aromatic rings.